The second-order valence-corrected chi connectivity index (χ2v) is 6.85. The highest BCUT2D eigenvalue weighted by atomic mass is 16.2. The van der Waals surface area contributed by atoms with E-state index in [2.05, 4.69) is 48.2 Å². The van der Waals surface area contributed by atoms with E-state index in [1.165, 1.54) is 11.1 Å². The van der Waals surface area contributed by atoms with Crippen molar-refractivity contribution in [3.63, 3.8) is 0 Å². The van der Waals surface area contributed by atoms with E-state index in [1.807, 2.05) is 23.1 Å². The van der Waals surface area contributed by atoms with E-state index >= 15 is 0 Å². The summed E-state index contributed by atoms with van der Waals surface area (Å²) in [5, 5.41) is 0. The van der Waals surface area contributed by atoms with Gasteiger partial charge < -0.3 is 10.6 Å². The van der Waals surface area contributed by atoms with Gasteiger partial charge in [0, 0.05) is 19.5 Å². The van der Waals surface area contributed by atoms with Crippen LogP contribution in [0.2, 0.25) is 0 Å². The quantitative estimate of drug-likeness (QED) is 0.902. The predicted octanol–water partition coefficient (Wildman–Crippen LogP) is 2.32. The number of benzene rings is 2. The molecule has 1 amide bonds. The van der Waals surface area contributed by atoms with E-state index in [4.69, 9.17) is 0 Å². The van der Waals surface area contributed by atoms with Gasteiger partial charge in [0.25, 0.3) is 5.91 Å². The molecule has 3 N–H and O–H groups in total. The third-order valence-electron chi connectivity index (χ3n) is 4.97. The number of rotatable bonds is 5. The standard InChI is InChI=1S/C21H26N2O/c22-20(16-18-9-5-2-6-10-18)21(24)23-13-11-19(12-14-23)15-17-7-3-1-4-8-17/h1-10,19-20H,11-16,22H2/p+1/t20-/m1/s1. The van der Waals surface area contributed by atoms with Crippen molar-refractivity contribution < 1.29 is 10.5 Å². The maximum absolute atomic E-state index is 12.6. The molecule has 1 aliphatic heterocycles. The minimum Gasteiger partial charge on any atom is -0.347 e. The van der Waals surface area contributed by atoms with Crippen molar-refractivity contribution in [3.05, 3.63) is 71.8 Å². The minimum absolute atomic E-state index is 0.182. The largest absolute Gasteiger partial charge is 0.347 e. The van der Waals surface area contributed by atoms with Gasteiger partial charge in [-0.05, 0) is 36.3 Å². The van der Waals surface area contributed by atoms with E-state index < -0.39 is 0 Å². The summed E-state index contributed by atoms with van der Waals surface area (Å²) in [5.74, 6) is 0.894. The molecule has 0 aromatic heterocycles. The molecule has 0 spiro atoms. The van der Waals surface area contributed by atoms with E-state index in [0.717, 1.165) is 38.8 Å². The number of quaternary nitrogens is 1. The topological polar surface area (TPSA) is 48.0 Å². The summed E-state index contributed by atoms with van der Waals surface area (Å²) in [5.41, 5.74) is 6.69. The van der Waals surface area contributed by atoms with E-state index in [0.29, 0.717) is 5.92 Å². The van der Waals surface area contributed by atoms with Gasteiger partial charge in [0.1, 0.15) is 0 Å². The zero-order valence-electron chi connectivity index (χ0n) is 14.2. The van der Waals surface area contributed by atoms with Crippen molar-refractivity contribution in [3.8, 4) is 0 Å². The Balaban J connectivity index is 1.48. The first-order chi connectivity index (χ1) is 11.7. The number of hydrogen-bond donors (Lipinski definition) is 1. The van der Waals surface area contributed by atoms with Gasteiger partial charge in [-0.2, -0.15) is 0 Å². The van der Waals surface area contributed by atoms with E-state index in [-0.39, 0.29) is 11.9 Å². The lowest BCUT2D eigenvalue weighted by Gasteiger charge is -2.32. The van der Waals surface area contributed by atoms with Crippen molar-refractivity contribution in [2.75, 3.05) is 13.1 Å². The summed E-state index contributed by atoms with van der Waals surface area (Å²) in [6.45, 7) is 1.74. The van der Waals surface area contributed by atoms with E-state index in [1.54, 1.807) is 0 Å². The maximum Gasteiger partial charge on any atom is 0.281 e. The highest BCUT2D eigenvalue weighted by Crippen LogP contribution is 2.22. The molecule has 0 unspecified atom stereocenters. The van der Waals surface area contributed by atoms with E-state index in [9.17, 15) is 4.79 Å². The fourth-order valence-corrected chi connectivity index (χ4v) is 3.55. The second kappa shape index (κ2) is 8.11. The average molecular weight is 323 g/mol. The summed E-state index contributed by atoms with van der Waals surface area (Å²) in [7, 11) is 0. The molecule has 1 heterocycles. The van der Waals surface area contributed by atoms with Crippen LogP contribution < -0.4 is 5.73 Å². The smallest absolute Gasteiger partial charge is 0.281 e. The van der Waals surface area contributed by atoms with Crippen LogP contribution in [-0.4, -0.2) is 29.9 Å². The van der Waals surface area contributed by atoms with Crippen molar-refractivity contribution in [1.82, 2.24) is 4.90 Å². The van der Waals surface area contributed by atoms with Gasteiger partial charge in [0.2, 0.25) is 0 Å². The molecule has 2 aromatic carbocycles. The number of amides is 1. The number of carbonyl (C=O) groups is 1. The van der Waals surface area contributed by atoms with Crippen LogP contribution in [0.4, 0.5) is 0 Å². The first-order valence-electron chi connectivity index (χ1n) is 8.92. The molecule has 126 valence electrons. The number of carbonyl (C=O) groups excluding carboxylic acids is 1. The third-order valence-corrected chi connectivity index (χ3v) is 4.97. The predicted molar refractivity (Wildman–Crippen MR) is 96.3 cm³/mol. The van der Waals surface area contributed by atoms with Crippen LogP contribution in [0.1, 0.15) is 24.0 Å². The molecule has 0 bridgehead atoms. The number of likely N-dealkylation sites (tertiary alicyclic amines) is 1. The monoisotopic (exact) mass is 323 g/mol. The number of piperidine rings is 1. The third kappa shape index (κ3) is 4.45. The molecule has 1 saturated heterocycles. The van der Waals surface area contributed by atoms with Crippen molar-refractivity contribution in [1.29, 1.82) is 0 Å². The van der Waals surface area contributed by atoms with Crippen LogP contribution in [0.15, 0.2) is 60.7 Å². The Morgan fingerprint density at radius 1 is 0.958 bits per heavy atom. The zero-order valence-corrected chi connectivity index (χ0v) is 14.2. The Bertz CT molecular complexity index is 633. The molecule has 0 saturated carbocycles. The fourth-order valence-electron chi connectivity index (χ4n) is 3.55. The van der Waals surface area contributed by atoms with Gasteiger partial charge >= 0.3 is 0 Å². The van der Waals surface area contributed by atoms with Gasteiger partial charge in [-0.1, -0.05) is 60.7 Å². The average Bonchev–Trinajstić information content (AvgIpc) is 2.63. The van der Waals surface area contributed by atoms with Gasteiger partial charge in [-0.25, -0.2) is 0 Å². The van der Waals surface area contributed by atoms with Crippen molar-refractivity contribution in [2.24, 2.45) is 5.92 Å². The molecular formula is C21H27N2O+. The van der Waals surface area contributed by atoms with Crippen LogP contribution in [0, 0.1) is 5.92 Å². The van der Waals surface area contributed by atoms with Gasteiger partial charge in [-0.3, -0.25) is 4.79 Å². The molecule has 3 heteroatoms. The molecule has 0 aliphatic carbocycles. The molecule has 1 fully saturated rings. The molecule has 3 nitrogen and oxygen atoms in total. The number of nitrogens with zero attached hydrogens (tertiary/aromatic N) is 1. The molecule has 24 heavy (non-hydrogen) atoms. The molecule has 3 rings (SSSR count). The van der Waals surface area contributed by atoms with Crippen LogP contribution in [-0.2, 0) is 17.6 Å². The van der Waals surface area contributed by atoms with Gasteiger partial charge in [-0.15, -0.1) is 0 Å². The van der Waals surface area contributed by atoms with Crippen LogP contribution in [0.5, 0.6) is 0 Å². The van der Waals surface area contributed by atoms with Crippen molar-refractivity contribution in [2.45, 2.75) is 31.7 Å². The fraction of sp³-hybridized carbons (Fsp3) is 0.381. The molecule has 0 radical (unpaired) electrons. The Kier molecular flexibility index (Phi) is 5.65. The summed E-state index contributed by atoms with van der Waals surface area (Å²) in [6, 6.07) is 20.6. The first-order valence-corrected chi connectivity index (χ1v) is 8.92. The SMILES string of the molecule is [NH3+][C@H](Cc1ccccc1)C(=O)N1CCC(Cc2ccccc2)CC1. The summed E-state index contributed by atoms with van der Waals surface area (Å²) in [6.07, 6.45) is 4.04. The lowest BCUT2D eigenvalue weighted by Crippen LogP contribution is -2.69. The molecule has 2 aromatic rings. The van der Waals surface area contributed by atoms with Crippen LogP contribution >= 0.6 is 0 Å². The molecule has 1 atom stereocenters. The summed E-state index contributed by atoms with van der Waals surface area (Å²) in [4.78, 5) is 14.6. The Labute approximate surface area is 144 Å². The van der Waals surface area contributed by atoms with Gasteiger partial charge in [0.05, 0.1) is 0 Å². The molecule has 1 aliphatic rings. The highest BCUT2D eigenvalue weighted by molar-refractivity contribution is 5.80. The Morgan fingerprint density at radius 2 is 1.50 bits per heavy atom. The first kappa shape index (κ1) is 16.7. The minimum atomic E-state index is -0.182. The van der Waals surface area contributed by atoms with Crippen LogP contribution in [0.3, 0.4) is 0 Å². The second-order valence-electron chi connectivity index (χ2n) is 6.85. The Hall–Kier alpha value is -2.13. The summed E-state index contributed by atoms with van der Waals surface area (Å²) >= 11 is 0. The normalized spacial score (nSPS) is 16.8. The Morgan fingerprint density at radius 3 is 2.08 bits per heavy atom. The maximum atomic E-state index is 12.6. The highest BCUT2D eigenvalue weighted by Gasteiger charge is 2.28. The van der Waals surface area contributed by atoms with Crippen molar-refractivity contribution >= 4 is 5.91 Å². The van der Waals surface area contributed by atoms with Gasteiger partial charge in [0.15, 0.2) is 6.04 Å². The molecular weight excluding hydrogens is 296 g/mol. The summed E-state index contributed by atoms with van der Waals surface area (Å²) < 4.78 is 0. The lowest BCUT2D eigenvalue weighted by molar-refractivity contribution is -0.405. The zero-order chi connectivity index (χ0) is 16.8. The lowest BCUT2D eigenvalue weighted by atomic mass is 9.90. The number of hydrogen-bond acceptors (Lipinski definition) is 1. The van der Waals surface area contributed by atoms with Crippen LogP contribution in [0.25, 0.3) is 0 Å².